The van der Waals surface area contributed by atoms with Gasteiger partial charge in [0.05, 0.1) is 5.60 Å². The van der Waals surface area contributed by atoms with Crippen molar-refractivity contribution in [1.82, 2.24) is 0 Å². The summed E-state index contributed by atoms with van der Waals surface area (Å²) in [4.78, 5) is 0. The van der Waals surface area contributed by atoms with Crippen LogP contribution in [0.5, 0.6) is 0 Å². The number of nitrogens with two attached hydrogens (primary N) is 1. The van der Waals surface area contributed by atoms with Crippen LogP contribution in [-0.4, -0.2) is 18.8 Å². The van der Waals surface area contributed by atoms with Gasteiger partial charge in [-0.25, -0.2) is 0 Å². The quantitative estimate of drug-likeness (QED) is 0.547. The van der Waals surface area contributed by atoms with Crippen molar-refractivity contribution in [2.24, 2.45) is 5.73 Å². The molecule has 1 aliphatic rings. The molecule has 19 heavy (non-hydrogen) atoms. The second-order valence-electron chi connectivity index (χ2n) is 6.27. The van der Waals surface area contributed by atoms with Crippen LogP contribution in [0, 0.1) is 0 Å². The molecule has 0 unspecified atom stereocenters. The van der Waals surface area contributed by atoms with Gasteiger partial charge in [0.1, 0.15) is 0 Å². The Morgan fingerprint density at radius 2 is 1.42 bits per heavy atom. The van der Waals surface area contributed by atoms with Crippen molar-refractivity contribution in [1.29, 1.82) is 0 Å². The summed E-state index contributed by atoms with van der Waals surface area (Å²) in [6.45, 7) is 3.91. The molecule has 2 nitrogen and oxygen atoms in total. The highest BCUT2D eigenvalue weighted by Gasteiger charge is 2.30. The van der Waals surface area contributed by atoms with Crippen molar-refractivity contribution >= 4 is 0 Å². The predicted octanol–water partition coefficient (Wildman–Crippen LogP) is 4.81. The highest BCUT2D eigenvalue weighted by molar-refractivity contribution is 4.85. The van der Waals surface area contributed by atoms with Crippen LogP contribution in [-0.2, 0) is 4.74 Å². The lowest BCUT2D eigenvalue weighted by Crippen LogP contribution is -2.42. The highest BCUT2D eigenvalue weighted by Crippen LogP contribution is 2.30. The van der Waals surface area contributed by atoms with E-state index >= 15 is 0 Å². The van der Waals surface area contributed by atoms with Gasteiger partial charge in [0, 0.05) is 13.2 Å². The summed E-state index contributed by atoms with van der Waals surface area (Å²) in [6.07, 6.45) is 17.2. The second-order valence-corrected chi connectivity index (χ2v) is 6.27. The largest absolute Gasteiger partial charge is 0.374 e. The summed E-state index contributed by atoms with van der Waals surface area (Å²) in [5.41, 5.74) is 5.96. The average molecular weight is 269 g/mol. The van der Waals surface area contributed by atoms with Crippen LogP contribution >= 0.6 is 0 Å². The lowest BCUT2D eigenvalue weighted by atomic mass is 9.84. The molecule has 0 aromatic rings. The molecule has 2 N–H and O–H groups in total. The fourth-order valence-corrected chi connectivity index (χ4v) is 3.13. The molecule has 1 aliphatic carbocycles. The Bertz CT molecular complexity index is 199. The maximum absolute atomic E-state index is 6.14. The van der Waals surface area contributed by atoms with E-state index in [-0.39, 0.29) is 5.60 Å². The molecule has 0 bridgehead atoms. The van der Waals surface area contributed by atoms with Crippen LogP contribution < -0.4 is 5.73 Å². The number of hydrogen-bond acceptors (Lipinski definition) is 2. The molecular weight excluding hydrogens is 234 g/mol. The average Bonchev–Trinajstić information content (AvgIpc) is 2.46. The Morgan fingerprint density at radius 1 is 0.842 bits per heavy atom. The van der Waals surface area contributed by atoms with Gasteiger partial charge in [-0.3, -0.25) is 0 Å². The Balaban J connectivity index is 1.94. The lowest BCUT2D eigenvalue weighted by Gasteiger charge is -2.36. The normalized spacial score (nSPS) is 18.6. The monoisotopic (exact) mass is 269 g/mol. The fourth-order valence-electron chi connectivity index (χ4n) is 3.13. The number of ether oxygens (including phenoxy) is 1. The molecule has 2 heteroatoms. The van der Waals surface area contributed by atoms with Crippen molar-refractivity contribution in [2.45, 2.75) is 96.0 Å². The molecule has 1 fully saturated rings. The summed E-state index contributed by atoms with van der Waals surface area (Å²) in [7, 11) is 0. The molecule has 0 spiro atoms. The third kappa shape index (κ3) is 7.31. The van der Waals surface area contributed by atoms with Crippen molar-refractivity contribution < 1.29 is 4.74 Å². The Labute approximate surface area is 120 Å². The molecule has 0 aromatic heterocycles. The molecule has 0 heterocycles. The summed E-state index contributed by atoms with van der Waals surface area (Å²) in [5.74, 6) is 0. The molecular formula is C17H35NO. The summed E-state index contributed by atoms with van der Waals surface area (Å²) in [5, 5.41) is 0. The van der Waals surface area contributed by atoms with Crippen molar-refractivity contribution in [3.63, 3.8) is 0 Å². The zero-order valence-electron chi connectivity index (χ0n) is 13.1. The van der Waals surface area contributed by atoms with E-state index < -0.39 is 0 Å². The van der Waals surface area contributed by atoms with Crippen molar-refractivity contribution in [2.75, 3.05) is 13.2 Å². The second kappa shape index (κ2) is 10.7. The summed E-state index contributed by atoms with van der Waals surface area (Å²) < 4.78 is 6.14. The van der Waals surface area contributed by atoms with E-state index in [9.17, 15) is 0 Å². The first-order chi connectivity index (χ1) is 9.33. The molecule has 0 aromatic carbocycles. The topological polar surface area (TPSA) is 35.2 Å². The van der Waals surface area contributed by atoms with E-state index in [0.29, 0.717) is 6.54 Å². The Kier molecular flexibility index (Phi) is 9.54. The third-order valence-electron chi connectivity index (χ3n) is 4.54. The molecule has 114 valence electrons. The minimum absolute atomic E-state index is 0.0410. The van der Waals surface area contributed by atoms with Crippen LogP contribution in [0.1, 0.15) is 90.4 Å². The molecule has 0 atom stereocenters. The van der Waals surface area contributed by atoms with E-state index in [1.807, 2.05) is 0 Å². The lowest BCUT2D eigenvalue weighted by molar-refractivity contribution is -0.0643. The van der Waals surface area contributed by atoms with Gasteiger partial charge < -0.3 is 10.5 Å². The van der Waals surface area contributed by atoms with Gasteiger partial charge in [0.25, 0.3) is 0 Å². The summed E-state index contributed by atoms with van der Waals surface area (Å²) in [6, 6.07) is 0. The Morgan fingerprint density at radius 3 is 2.00 bits per heavy atom. The highest BCUT2D eigenvalue weighted by atomic mass is 16.5. The van der Waals surface area contributed by atoms with Gasteiger partial charge >= 0.3 is 0 Å². The van der Waals surface area contributed by atoms with Crippen molar-refractivity contribution in [3.8, 4) is 0 Å². The number of unbranched alkanes of at least 4 members (excludes halogenated alkanes) is 7. The minimum atomic E-state index is 0.0410. The van der Waals surface area contributed by atoms with Gasteiger partial charge in [0.15, 0.2) is 0 Å². The fraction of sp³-hybridized carbons (Fsp3) is 1.00. The molecule has 0 aliphatic heterocycles. The van der Waals surface area contributed by atoms with Crippen LogP contribution in [0.25, 0.3) is 0 Å². The molecule has 0 saturated heterocycles. The van der Waals surface area contributed by atoms with Gasteiger partial charge in [-0.2, -0.15) is 0 Å². The Hall–Kier alpha value is -0.0800. The maximum Gasteiger partial charge on any atom is 0.0804 e. The first-order valence-corrected chi connectivity index (χ1v) is 8.67. The van der Waals surface area contributed by atoms with Gasteiger partial charge in [-0.05, 0) is 19.3 Å². The number of rotatable bonds is 11. The van der Waals surface area contributed by atoms with E-state index in [1.54, 1.807) is 0 Å². The van der Waals surface area contributed by atoms with Crippen LogP contribution in [0.2, 0.25) is 0 Å². The smallest absolute Gasteiger partial charge is 0.0804 e. The first-order valence-electron chi connectivity index (χ1n) is 8.67. The van der Waals surface area contributed by atoms with E-state index in [1.165, 1.54) is 83.5 Å². The van der Waals surface area contributed by atoms with E-state index in [4.69, 9.17) is 10.5 Å². The maximum atomic E-state index is 6.14. The van der Waals surface area contributed by atoms with E-state index in [0.717, 1.165) is 6.61 Å². The minimum Gasteiger partial charge on any atom is -0.374 e. The standard InChI is InChI=1S/C17H35NO/c1-2-3-4-5-6-7-8-12-15-19-17(16-18)13-10-9-11-14-17/h2-16,18H2,1H3. The van der Waals surface area contributed by atoms with Crippen LogP contribution in [0.15, 0.2) is 0 Å². The van der Waals surface area contributed by atoms with Crippen LogP contribution in [0.3, 0.4) is 0 Å². The number of hydrogen-bond donors (Lipinski definition) is 1. The molecule has 0 amide bonds. The molecule has 1 rings (SSSR count). The zero-order valence-corrected chi connectivity index (χ0v) is 13.1. The SMILES string of the molecule is CCCCCCCCCCOC1(CN)CCCCC1. The van der Waals surface area contributed by atoms with Gasteiger partial charge in [0.2, 0.25) is 0 Å². The molecule has 1 saturated carbocycles. The van der Waals surface area contributed by atoms with Crippen LogP contribution in [0.4, 0.5) is 0 Å². The zero-order chi connectivity index (χ0) is 13.8. The van der Waals surface area contributed by atoms with Gasteiger partial charge in [-0.15, -0.1) is 0 Å². The first kappa shape index (κ1) is 17.0. The van der Waals surface area contributed by atoms with E-state index in [2.05, 4.69) is 6.92 Å². The predicted molar refractivity (Wildman–Crippen MR) is 83.4 cm³/mol. The van der Waals surface area contributed by atoms with Crippen molar-refractivity contribution in [3.05, 3.63) is 0 Å². The summed E-state index contributed by atoms with van der Waals surface area (Å²) >= 11 is 0. The van der Waals surface area contributed by atoms with Gasteiger partial charge in [-0.1, -0.05) is 71.1 Å². The third-order valence-corrected chi connectivity index (χ3v) is 4.54. The molecule has 0 radical (unpaired) electrons.